The zero-order chi connectivity index (χ0) is 21.6. The van der Waals surface area contributed by atoms with E-state index in [1.54, 1.807) is 25.2 Å². The summed E-state index contributed by atoms with van der Waals surface area (Å²) in [6.07, 6.45) is 0.441. The Morgan fingerprint density at radius 1 is 1.14 bits per heavy atom. The number of rotatable bonds is 8. The van der Waals surface area contributed by atoms with Gasteiger partial charge in [-0.15, -0.1) is 0 Å². The second-order valence-electron chi connectivity index (χ2n) is 6.82. The fourth-order valence-corrected chi connectivity index (χ4v) is 3.54. The van der Waals surface area contributed by atoms with Crippen LogP contribution in [0, 0.1) is 13.8 Å². The maximum absolute atomic E-state index is 13.1. The zero-order valence-corrected chi connectivity index (χ0v) is 18.6. The van der Waals surface area contributed by atoms with Crippen LogP contribution in [0.15, 0.2) is 36.4 Å². The lowest BCUT2D eigenvalue weighted by atomic mass is 10.1. The lowest BCUT2D eigenvalue weighted by Gasteiger charge is -2.30. The van der Waals surface area contributed by atoms with Crippen LogP contribution in [-0.2, 0) is 16.1 Å². The van der Waals surface area contributed by atoms with Crippen LogP contribution in [-0.4, -0.2) is 36.4 Å². The van der Waals surface area contributed by atoms with Gasteiger partial charge in [0.05, 0.1) is 0 Å². The number of benzene rings is 2. The minimum absolute atomic E-state index is 0.111. The number of amides is 2. The van der Waals surface area contributed by atoms with Gasteiger partial charge in [-0.3, -0.25) is 9.59 Å². The van der Waals surface area contributed by atoms with Gasteiger partial charge in [0.2, 0.25) is 5.91 Å². The van der Waals surface area contributed by atoms with Crippen LogP contribution in [0.1, 0.15) is 30.0 Å². The van der Waals surface area contributed by atoms with Gasteiger partial charge >= 0.3 is 0 Å². The van der Waals surface area contributed by atoms with Gasteiger partial charge in [-0.25, -0.2) is 0 Å². The average Bonchev–Trinajstić information content (AvgIpc) is 2.70. The molecule has 0 aromatic heterocycles. The van der Waals surface area contributed by atoms with E-state index < -0.39 is 6.04 Å². The zero-order valence-electron chi connectivity index (χ0n) is 17.1. The molecule has 0 fully saturated rings. The van der Waals surface area contributed by atoms with Crippen molar-refractivity contribution in [2.75, 3.05) is 13.7 Å². The van der Waals surface area contributed by atoms with E-state index in [1.807, 2.05) is 39.0 Å². The molecule has 29 heavy (non-hydrogen) atoms. The summed E-state index contributed by atoms with van der Waals surface area (Å²) in [5.41, 5.74) is 2.57. The summed E-state index contributed by atoms with van der Waals surface area (Å²) < 4.78 is 5.78. The van der Waals surface area contributed by atoms with Crippen molar-refractivity contribution in [3.8, 4) is 5.75 Å². The number of nitrogens with one attached hydrogen (secondary N) is 1. The summed E-state index contributed by atoms with van der Waals surface area (Å²) in [6, 6.07) is 10.3. The molecule has 156 valence electrons. The second kappa shape index (κ2) is 10.5. The third-order valence-electron chi connectivity index (χ3n) is 4.72. The van der Waals surface area contributed by atoms with Crippen LogP contribution in [0.5, 0.6) is 5.75 Å². The lowest BCUT2D eigenvalue weighted by molar-refractivity contribution is -0.142. The molecule has 1 N–H and O–H groups in total. The summed E-state index contributed by atoms with van der Waals surface area (Å²) in [5, 5.41) is 3.50. The van der Waals surface area contributed by atoms with E-state index in [0.717, 1.165) is 11.1 Å². The fraction of sp³-hybridized carbons (Fsp3) is 0.364. The van der Waals surface area contributed by atoms with Crippen LogP contribution in [0.2, 0.25) is 10.0 Å². The van der Waals surface area contributed by atoms with E-state index in [-0.39, 0.29) is 25.0 Å². The topological polar surface area (TPSA) is 58.6 Å². The van der Waals surface area contributed by atoms with Crippen molar-refractivity contribution >= 4 is 35.0 Å². The van der Waals surface area contributed by atoms with Crippen molar-refractivity contribution in [3.05, 3.63) is 63.1 Å². The summed E-state index contributed by atoms with van der Waals surface area (Å²) in [6.45, 7) is 5.64. The summed E-state index contributed by atoms with van der Waals surface area (Å²) in [5.74, 6) is 0.0650. The summed E-state index contributed by atoms with van der Waals surface area (Å²) in [7, 11) is 1.54. The monoisotopic (exact) mass is 436 g/mol. The van der Waals surface area contributed by atoms with Gasteiger partial charge in [-0.2, -0.15) is 0 Å². The van der Waals surface area contributed by atoms with Gasteiger partial charge in [0.1, 0.15) is 11.8 Å². The SMILES string of the molecule is CC[C@@H](C(=O)NC)N(Cc1c(Cl)cccc1Cl)C(=O)COc1cc(C)ccc1C. The van der Waals surface area contributed by atoms with Gasteiger partial charge in [0, 0.05) is 29.2 Å². The van der Waals surface area contributed by atoms with Crippen LogP contribution in [0.4, 0.5) is 0 Å². The molecule has 2 aromatic rings. The second-order valence-corrected chi connectivity index (χ2v) is 7.63. The molecule has 1 atom stereocenters. The van der Waals surface area contributed by atoms with Gasteiger partial charge < -0.3 is 15.0 Å². The number of carbonyl (C=O) groups excluding carboxylic acids is 2. The molecule has 2 amide bonds. The van der Waals surface area contributed by atoms with Crippen molar-refractivity contribution in [1.82, 2.24) is 10.2 Å². The maximum atomic E-state index is 13.1. The van der Waals surface area contributed by atoms with Gasteiger partial charge in [-0.05, 0) is 49.6 Å². The molecule has 2 aromatic carbocycles. The molecule has 0 aliphatic rings. The number of aryl methyl sites for hydroxylation is 2. The first kappa shape index (κ1) is 23.0. The van der Waals surface area contributed by atoms with Gasteiger partial charge in [0.25, 0.3) is 5.91 Å². The quantitative estimate of drug-likeness (QED) is 0.660. The smallest absolute Gasteiger partial charge is 0.261 e. The third-order valence-corrected chi connectivity index (χ3v) is 5.43. The van der Waals surface area contributed by atoms with Gasteiger partial charge in [0.15, 0.2) is 6.61 Å². The first-order valence-corrected chi connectivity index (χ1v) is 10.2. The van der Waals surface area contributed by atoms with E-state index in [4.69, 9.17) is 27.9 Å². The first-order valence-electron chi connectivity index (χ1n) is 9.42. The average molecular weight is 437 g/mol. The molecule has 0 heterocycles. The largest absolute Gasteiger partial charge is 0.483 e. The molecule has 0 saturated heterocycles. The Labute approximate surface area is 181 Å². The normalized spacial score (nSPS) is 11.7. The standard InChI is InChI=1S/C22H26Cl2N2O3/c1-5-19(22(28)25-4)26(12-16-17(23)7-6-8-18(16)24)21(27)13-29-20-11-14(2)9-10-15(20)3/h6-11,19H,5,12-13H2,1-4H3,(H,25,28)/t19-/m0/s1. The predicted molar refractivity (Wildman–Crippen MR) is 117 cm³/mol. The van der Waals surface area contributed by atoms with E-state index in [9.17, 15) is 9.59 Å². The highest BCUT2D eigenvalue weighted by molar-refractivity contribution is 6.36. The Bertz CT molecular complexity index is 866. The number of ether oxygens (including phenoxy) is 1. The Morgan fingerprint density at radius 2 is 1.79 bits per heavy atom. The van der Waals surface area contributed by atoms with Crippen LogP contribution in [0.25, 0.3) is 0 Å². The van der Waals surface area contributed by atoms with Crippen LogP contribution >= 0.6 is 23.2 Å². The maximum Gasteiger partial charge on any atom is 0.261 e. The van der Waals surface area contributed by atoms with Crippen molar-refractivity contribution in [2.45, 2.75) is 39.8 Å². The molecule has 0 unspecified atom stereocenters. The minimum atomic E-state index is -0.665. The summed E-state index contributed by atoms with van der Waals surface area (Å²) >= 11 is 12.6. The molecule has 0 spiro atoms. The van der Waals surface area contributed by atoms with Crippen molar-refractivity contribution < 1.29 is 14.3 Å². The van der Waals surface area contributed by atoms with Crippen LogP contribution < -0.4 is 10.1 Å². The predicted octanol–water partition coefficient (Wildman–Crippen LogP) is 4.54. The van der Waals surface area contributed by atoms with Crippen molar-refractivity contribution in [2.24, 2.45) is 0 Å². The van der Waals surface area contributed by atoms with E-state index in [2.05, 4.69) is 5.32 Å². The lowest BCUT2D eigenvalue weighted by Crippen LogP contribution is -2.49. The molecule has 7 heteroatoms. The third kappa shape index (κ3) is 5.87. The molecule has 0 bridgehead atoms. The van der Waals surface area contributed by atoms with E-state index >= 15 is 0 Å². The fourth-order valence-electron chi connectivity index (χ4n) is 3.03. The Hall–Kier alpha value is -2.24. The number of nitrogens with zero attached hydrogens (tertiary/aromatic N) is 1. The van der Waals surface area contributed by atoms with E-state index in [0.29, 0.717) is 27.8 Å². The Morgan fingerprint density at radius 3 is 2.38 bits per heavy atom. The van der Waals surface area contributed by atoms with Crippen molar-refractivity contribution in [1.29, 1.82) is 0 Å². The van der Waals surface area contributed by atoms with Gasteiger partial charge in [-0.1, -0.05) is 48.3 Å². The highest BCUT2D eigenvalue weighted by Gasteiger charge is 2.29. The molecule has 0 aliphatic heterocycles. The number of hydrogen-bond donors (Lipinski definition) is 1. The molecule has 0 radical (unpaired) electrons. The summed E-state index contributed by atoms with van der Waals surface area (Å²) in [4.78, 5) is 27.0. The number of hydrogen-bond acceptors (Lipinski definition) is 3. The Kier molecular flexibility index (Phi) is 8.35. The molecule has 2 rings (SSSR count). The minimum Gasteiger partial charge on any atom is -0.483 e. The van der Waals surface area contributed by atoms with Crippen LogP contribution in [0.3, 0.4) is 0 Å². The molecule has 0 aliphatic carbocycles. The highest BCUT2D eigenvalue weighted by Crippen LogP contribution is 2.27. The highest BCUT2D eigenvalue weighted by atomic mass is 35.5. The first-order chi connectivity index (χ1) is 13.8. The number of halogens is 2. The number of carbonyl (C=O) groups is 2. The Balaban J connectivity index is 2.29. The van der Waals surface area contributed by atoms with Crippen molar-refractivity contribution in [3.63, 3.8) is 0 Å². The molecular weight excluding hydrogens is 411 g/mol. The number of likely N-dealkylation sites (N-methyl/N-ethyl adjacent to an activating group) is 1. The molecular formula is C22H26Cl2N2O3. The molecule has 5 nitrogen and oxygen atoms in total. The molecule has 0 saturated carbocycles. The van der Waals surface area contributed by atoms with E-state index in [1.165, 1.54) is 4.90 Å².